The van der Waals surface area contributed by atoms with Gasteiger partial charge in [-0.15, -0.1) is 0 Å². The average Bonchev–Trinajstić information content (AvgIpc) is 3.45. The number of piperazine rings is 1. The van der Waals surface area contributed by atoms with Gasteiger partial charge in [0.2, 0.25) is 17.7 Å². The number of benzene rings is 1. The lowest BCUT2D eigenvalue weighted by Crippen LogP contribution is -2.54. The van der Waals surface area contributed by atoms with E-state index >= 15 is 0 Å². The highest BCUT2D eigenvalue weighted by atomic mass is 35.5. The number of rotatable bonds is 5. The summed E-state index contributed by atoms with van der Waals surface area (Å²) in [7, 11) is 0. The van der Waals surface area contributed by atoms with Gasteiger partial charge in [0.05, 0.1) is 5.41 Å². The fourth-order valence-corrected chi connectivity index (χ4v) is 5.01. The van der Waals surface area contributed by atoms with Crippen molar-refractivity contribution in [2.24, 2.45) is 11.3 Å². The van der Waals surface area contributed by atoms with Gasteiger partial charge in [0, 0.05) is 49.2 Å². The molecule has 0 aromatic heterocycles. The van der Waals surface area contributed by atoms with Crippen LogP contribution < -0.4 is 10.2 Å². The molecule has 0 spiro atoms. The molecule has 6 nitrogen and oxygen atoms in total. The number of anilines is 1. The molecule has 0 bridgehead atoms. The van der Waals surface area contributed by atoms with Crippen LogP contribution in [0.15, 0.2) is 18.2 Å². The van der Waals surface area contributed by atoms with Crippen molar-refractivity contribution in [2.75, 3.05) is 24.5 Å². The Morgan fingerprint density at radius 2 is 2.03 bits per heavy atom. The second kappa shape index (κ2) is 7.59. The summed E-state index contributed by atoms with van der Waals surface area (Å²) in [6.07, 6.45) is 2.77. The lowest BCUT2D eigenvalue weighted by atomic mass is 9.76. The van der Waals surface area contributed by atoms with Crippen molar-refractivity contribution in [1.82, 2.24) is 10.2 Å². The molecule has 3 aliphatic rings. The van der Waals surface area contributed by atoms with Crippen LogP contribution in [-0.4, -0.2) is 48.3 Å². The molecule has 4 rings (SSSR count). The largest absolute Gasteiger partial charge is 0.365 e. The first kappa shape index (κ1) is 20.1. The SMILES string of the molecule is C[C@H]1CN(C(=O)CCC2(C3CC3)CC(=O)NC2=O)CCN1c1cc(F)cc(Cl)c1. The fraction of sp³-hybridized carbons (Fsp3) is 0.571. The molecule has 3 amide bonds. The van der Waals surface area contributed by atoms with Gasteiger partial charge >= 0.3 is 0 Å². The van der Waals surface area contributed by atoms with E-state index in [4.69, 9.17) is 11.6 Å². The molecule has 29 heavy (non-hydrogen) atoms. The number of amides is 3. The summed E-state index contributed by atoms with van der Waals surface area (Å²) in [6.45, 7) is 3.62. The number of imide groups is 1. The molecule has 1 unspecified atom stereocenters. The Balaban J connectivity index is 1.37. The van der Waals surface area contributed by atoms with Crippen LogP contribution >= 0.6 is 11.6 Å². The van der Waals surface area contributed by atoms with E-state index in [-0.39, 0.29) is 48.3 Å². The van der Waals surface area contributed by atoms with E-state index in [1.165, 1.54) is 12.1 Å². The highest BCUT2D eigenvalue weighted by Crippen LogP contribution is 2.52. The monoisotopic (exact) mass is 421 g/mol. The van der Waals surface area contributed by atoms with Crippen molar-refractivity contribution in [3.8, 4) is 0 Å². The fourth-order valence-electron chi connectivity index (χ4n) is 4.79. The summed E-state index contributed by atoms with van der Waals surface area (Å²) >= 11 is 5.98. The van der Waals surface area contributed by atoms with E-state index in [1.807, 2.05) is 11.8 Å². The Morgan fingerprint density at radius 3 is 2.62 bits per heavy atom. The second-order valence-corrected chi connectivity index (χ2v) is 8.93. The number of hydrogen-bond acceptors (Lipinski definition) is 4. The summed E-state index contributed by atoms with van der Waals surface area (Å²) in [5.74, 6) is -0.603. The summed E-state index contributed by atoms with van der Waals surface area (Å²) in [4.78, 5) is 40.8. The van der Waals surface area contributed by atoms with E-state index in [0.29, 0.717) is 36.8 Å². The van der Waals surface area contributed by atoms with Gasteiger partial charge in [0.15, 0.2) is 0 Å². The number of carbonyl (C=O) groups is 3. The van der Waals surface area contributed by atoms with Crippen molar-refractivity contribution in [3.63, 3.8) is 0 Å². The van der Waals surface area contributed by atoms with Gasteiger partial charge in [0.25, 0.3) is 0 Å². The van der Waals surface area contributed by atoms with Crippen LogP contribution in [0.1, 0.15) is 39.0 Å². The van der Waals surface area contributed by atoms with Crippen LogP contribution in [0.4, 0.5) is 10.1 Å². The Hall–Kier alpha value is -2.15. The summed E-state index contributed by atoms with van der Waals surface area (Å²) in [5, 5.41) is 2.77. The lowest BCUT2D eigenvalue weighted by Gasteiger charge is -2.41. The minimum absolute atomic E-state index is 0.000878. The Kier molecular flexibility index (Phi) is 5.27. The summed E-state index contributed by atoms with van der Waals surface area (Å²) < 4.78 is 13.7. The minimum atomic E-state index is -0.696. The van der Waals surface area contributed by atoms with Crippen molar-refractivity contribution in [1.29, 1.82) is 0 Å². The summed E-state index contributed by atoms with van der Waals surface area (Å²) in [6, 6.07) is 4.47. The molecule has 1 N–H and O–H groups in total. The maximum absolute atomic E-state index is 13.7. The van der Waals surface area contributed by atoms with Gasteiger partial charge in [-0.05, 0) is 50.3 Å². The number of hydrogen-bond donors (Lipinski definition) is 1. The van der Waals surface area contributed by atoms with Gasteiger partial charge in [0.1, 0.15) is 5.82 Å². The molecule has 2 heterocycles. The molecule has 1 aromatic carbocycles. The third-order valence-electron chi connectivity index (χ3n) is 6.48. The van der Waals surface area contributed by atoms with E-state index in [1.54, 1.807) is 11.0 Å². The van der Waals surface area contributed by atoms with Crippen LogP contribution in [0.25, 0.3) is 0 Å². The van der Waals surface area contributed by atoms with Gasteiger partial charge in [-0.3, -0.25) is 19.7 Å². The Morgan fingerprint density at radius 1 is 1.28 bits per heavy atom. The zero-order chi connectivity index (χ0) is 20.8. The normalized spacial score (nSPS) is 27.3. The first-order valence-corrected chi connectivity index (χ1v) is 10.5. The molecule has 3 fully saturated rings. The molecule has 2 atom stereocenters. The predicted octanol–water partition coefficient (Wildman–Crippen LogP) is 2.74. The van der Waals surface area contributed by atoms with E-state index in [9.17, 15) is 18.8 Å². The van der Waals surface area contributed by atoms with Gasteiger partial charge < -0.3 is 9.80 Å². The molecule has 0 radical (unpaired) electrons. The van der Waals surface area contributed by atoms with Crippen LogP contribution in [0, 0.1) is 17.2 Å². The predicted molar refractivity (Wildman–Crippen MR) is 107 cm³/mol. The highest BCUT2D eigenvalue weighted by molar-refractivity contribution is 6.30. The van der Waals surface area contributed by atoms with Crippen LogP contribution in [0.3, 0.4) is 0 Å². The number of nitrogens with one attached hydrogen (secondary N) is 1. The van der Waals surface area contributed by atoms with Crippen LogP contribution in [-0.2, 0) is 14.4 Å². The molecule has 2 saturated heterocycles. The lowest BCUT2D eigenvalue weighted by molar-refractivity contribution is -0.134. The number of nitrogens with zero attached hydrogens (tertiary/aromatic N) is 2. The first-order chi connectivity index (χ1) is 13.8. The third-order valence-corrected chi connectivity index (χ3v) is 6.70. The molecule has 2 aliphatic heterocycles. The third kappa shape index (κ3) is 3.97. The average molecular weight is 422 g/mol. The minimum Gasteiger partial charge on any atom is -0.365 e. The van der Waals surface area contributed by atoms with E-state index in [2.05, 4.69) is 5.32 Å². The molecule has 8 heteroatoms. The standard InChI is InChI=1S/C21H25ClFN3O3/c1-13-12-25(6-7-26(13)17-9-15(22)8-16(23)10-17)19(28)4-5-21(14-2-3-14)11-18(27)24-20(21)29/h8-10,13-14H,2-7,11-12H2,1H3,(H,24,27,29)/t13-,21?/m0/s1. The van der Waals surface area contributed by atoms with Crippen LogP contribution in [0.2, 0.25) is 5.02 Å². The van der Waals surface area contributed by atoms with Gasteiger partial charge in [-0.25, -0.2) is 4.39 Å². The zero-order valence-corrected chi connectivity index (χ0v) is 17.2. The van der Waals surface area contributed by atoms with Crippen molar-refractivity contribution >= 4 is 35.0 Å². The topological polar surface area (TPSA) is 69.7 Å². The zero-order valence-electron chi connectivity index (χ0n) is 16.4. The Labute approximate surface area is 174 Å². The van der Waals surface area contributed by atoms with Crippen molar-refractivity contribution in [3.05, 3.63) is 29.0 Å². The van der Waals surface area contributed by atoms with E-state index in [0.717, 1.165) is 12.8 Å². The van der Waals surface area contributed by atoms with Crippen LogP contribution in [0.5, 0.6) is 0 Å². The quantitative estimate of drug-likeness (QED) is 0.742. The maximum Gasteiger partial charge on any atom is 0.233 e. The number of halogens is 2. The molecule has 1 saturated carbocycles. The molecule has 1 aromatic rings. The molecule has 1 aliphatic carbocycles. The van der Waals surface area contributed by atoms with Crippen molar-refractivity contribution < 1.29 is 18.8 Å². The molecular weight excluding hydrogens is 397 g/mol. The second-order valence-electron chi connectivity index (χ2n) is 8.49. The smallest absolute Gasteiger partial charge is 0.233 e. The summed E-state index contributed by atoms with van der Waals surface area (Å²) in [5.41, 5.74) is 0.0156. The maximum atomic E-state index is 13.7. The Bertz CT molecular complexity index is 839. The van der Waals surface area contributed by atoms with Gasteiger partial charge in [-0.1, -0.05) is 11.6 Å². The highest BCUT2D eigenvalue weighted by Gasteiger charge is 2.55. The number of carbonyl (C=O) groups excluding carboxylic acids is 3. The molecule has 156 valence electrons. The molecular formula is C21H25ClFN3O3. The first-order valence-electron chi connectivity index (χ1n) is 10.1. The van der Waals surface area contributed by atoms with Gasteiger partial charge in [-0.2, -0.15) is 0 Å². The van der Waals surface area contributed by atoms with Crippen molar-refractivity contribution in [2.45, 2.75) is 45.1 Å². The van der Waals surface area contributed by atoms with E-state index < -0.39 is 5.41 Å².